The average molecular weight is 379 g/mol. The summed E-state index contributed by atoms with van der Waals surface area (Å²) in [4.78, 5) is 17.1. The second-order valence-corrected chi connectivity index (χ2v) is 7.86. The van der Waals surface area contributed by atoms with Crippen LogP contribution in [0, 0.1) is 6.92 Å². The van der Waals surface area contributed by atoms with Gasteiger partial charge in [0.25, 0.3) is 0 Å². The first kappa shape index (κ1) is 19.4. The van der Waals surface area contributed by atoms with E-state index in [1.807, 2.05) is 22.6 Å². The molecule has 0 aromatic carbocycles. The number of halogens is 1. The third-order valence-electron chi connectivity index (χ3n) is 5.69. The molecule has 144 valence electrons. The topological polar surface area (TPSA) is 41.4 Å². The predicted octanol–water partition coefficient (Wildman–Crippen LogP) is 3.75. The molecule has 1 saturated heterocycles. The number of nitrogens with zero attached hydrogens (tertiary/aromatic N) is 4. The zero-order valence-electron chi connectivity index (χ0n) is 16.1. The van der Waals surface area contributed by atoms with Crippen molar-refractivity contribution < 1.29 is 4.79 Å². The summed E-state index contributed by atoms with van der Waals surface area (Å²) in [6, 6.07) is 0.748. The van der Waals surface area contributed by atoms with Crippen molar-refractivity contribution in [3.8, 4) is 0 Å². The lowest BCUT2D eigenvalue weighted by molar-refractivity contribution is -0.127. The molecule has 0 spiro atoms. The Morgan fingerprint density at radius 2 is 1.92 bits per heavy atom. The molecule has 2 heterocycles. The zero-order valence-corrected chi connectivity index (χ0v) is 16.8. The number of unbranched alkanes of at least 4 members (excludes halogenated alkanes) is 1. The highest BCUT2D eigenvalue weighted by atomic mass is 35.5. The molecule has 1 saturated carbocycles. The van der Waals surface area contributed by atoms with Gasteiger partial charge in [0.2, 0.25) is 5.91 Å². The molecule has 2 fully saturated rings. The minimum Gasteiger partial charge on any atom is -0.337 e. The Balaban J connectivity index is 1.55. The number of aryl methyl sites for hydroxylation is 2. The van der Waals surface area contributed by atoms with Gasteiger partial charge in [-0.25, -0.2) is 0 Å². The summed E-state index contributed by atoms with van der Waals surface area (Å²) in [6.45, 7) is 8.55. The van der Waals surface area contributed by atoms with E-state index in [1.165, 1.54) is 25.7 Å². The first-order valence-electron chi connectivity index (χ1n) is 10.0. The highest BCUT2D eigenvalue weighted by Gasteiger charge is 2.27. The molecule has 1 aromatic rings. The van der Waals surface area contributed by atoms with Gasteiger partial charge in [0, 0.05) is 50.4 Å². The number of aromatic nitrogens is 2. The van der Waals surface area contributed by atoms with Crippen LogP contribution < -0.4 is 0 Å². The number of carbonyl (C=O) groups is 1. The van der Waals surface area contributed by atoms with Gasteiger partial charge in [0.1, 0.15) is 5.15 Å². The number of piperazine rings is 1. The van der Waals surface area contributed by atoms with E-state index >= 15 is 0 Å². The Bertz CT molecular complexity index is 640. The van der Waals surface area contributed by atoms with E-state index in [1.54, 1.807) is 6.08 Å². The second kappa shape index (κ2) is 9.05. The molecular formula is C20H31ClN4O. The molecule has 1 amide bonds. The lowest BCUT2D eigenvalue weighted by atomic mass is 10.1. The number of hydrogen-bond donors (Lipinski definition) is 0. The van der Waals surface area contributed by atoms with Gasteiger partial charge in [0.15, 0.2) is 0 Å². The third-order valence-corrected chi connectivity index (χ3v) is 6.09. The van der Waals surface area contributed by atoms with Crippen molar-refractivity contribution in [3.63, 3.8) is 0 Å². The Kier molecular flexibility index (Phi) is 6.76. The van der Waals surface area contributed by atoms with Gasteiger partial charge >= 0.3 is 0 Å². The first-order chi connectivity index (χ1) is 12.6. The SMILES string of the molecule is CCCCn1nc(C)c(/C=C/C(=O)N2CCN(C3CCCC3)CC2)c1Cl. The van der Waals surface area contributed by atoms with Gasteiger partial charge in [-0.1, -0.05) is 37.8 Å². The van der Waals surface area contributed by atoms with Crippen LogP contribution in [0.3, 0.4) is 0 Å². The van der Waals surface area contributed by atoms with Crippen LogP contribution >= 0.6 is 11.6 Å². The van der Waals surface area contributed by atoms with Crippen LogP contribution in [-0.2, 0) is 11.3 Å². The molecule has 6 heteroatoms. The van der Waals surface area contributed by atoms with E-state index in [9.17, 15) is 4.79 Å². The van der Waals surface area contributed by atoms with Crippen LogP contribution in [0.4, 0.5) is 0 Å². The van der Waals surface area contributed by atoms with Gasteiger partial charge in [-0.2, -0.15) is 5.10 Å². The lowest BCUT2D eigenvalue weighted by Gasteiger charge is -2.37. The summed E-state index contributed by atoms with van der Waals surface area (Å²) in [5, 5.41) is 5.12. The second-order valence-electron chi connectivity index (χ2n) is 7.50. The molecule has 0 bridgehead atoms. The maximum atomic E-state index is 12.6. The predicted molar refractivity (Wildman–Crippen MR) is 106 cm³/mol. The molecule has 5 nitrogen and oxygen atoms in total. The number of rotatable bonds is 6. The molecular weight excluding hydrogens is 348 g/mol. The van der Waals surface area contributed by atoms with E-state index in [2.05, 4.69) is 16.9 Å². The normalized spacial score (nSPS) is 19.7. The first-order valence-corrected chi connectivity index (χ1v) is 10.4. The summed E-state index contributed by atoms with van der Waals surface area (Å²) in [7, 11) is 0. The molecule has 26 heavy (non-hydrogen) atoms. The van der Waals surface area contributed by atoms with Crippen molar-refractivity contribution >= 4 is 23.6 Å². The largest absolute Gasteiger partial charge is 0.337 e. The van der Waals surface area contributed by atoms with Crippen molar-refractivity contribution in [2.24, 2.45) is 0 Å². The maximum Gasteiger partial charge on any atom is 0.246 e. The maximum absolute atomic E-state index is 12.6. The summed E-state index contributed by atoms with van der Waals surface area (Å²) in [5.74, 6) is 0.0767. The van der Waals surface area contributed by atoms with Gasteiger partial charge in [-0.3, -0.25) is 14.4 Å². The monoisotopic (exact) mass is 378 g/mol. The van der Waals surface area contributed by atoms with E-state index in [0.717, 1.165) is 62.9 Å². The van der Waals surface area contributed by atoms with Crippen molar-refractivity contribution in [1.29, 1.82) is 0 Å². The highest BCUT2D eigenvalue weighted by Crippen LogP contribution is 2.25. The van der Waals surface area contributed by atoms with Crippen LogP contribution in [0.25, 0.3) is 6.08 Å². The quantitative estimate of drug-likeness (QED) is 0.708. The smallest absolute Gasteiger partial charge is 0.246 e. The number of amides is 1. The van der Waals surface area contributed by atoms with Crippen molar-refractivity contribution in [3.05, 3.63) is 22.5 Å². The van der Waals surface area contributed by atoms with Gasteiger partial charge in [-0.05, 0) is 32.3 Å². The fraction of sp³-hybridized carbons (Fsp3) is 0.700. The minimum absolute atomic E-state index is 0.0767. The van der Waals surface area contributed by atoms with Crippen LogP contribution in [0.1, 0.15) is 56.7 Å². The zero-order chi connectivity index (χ0) is 18.5. The summed E-state index contributed by atoms with van der Waals surface area (Å²) >= 11 is 6.44. The molecule has 3 rings (SSSR count). The number of hydrogen-bond acceptors (Lipinski definition) is 3. The Morgan fingerprint density at radius 1 is 1.23 bits per heavy atom. The summed E-state index contributed by atoms with van der Waals surface area (Å²) in [6.07, 6.45) is 11.0. The molecule has 0 unspecified atom stereocenters. The van der Waals surface area contributed by atoms with E-state index < -0.39 is 0 Å². The van der Waals surface area contributed by atoms with Gasteiger partial charge in [0.05, 0.1) is 5.69 Å². The molecule has 0 radical (unpaired) electrons. The van der Waals surface area contributed by atoms with Crippen LogP contribution in [-0.4, -0.2) is 57.7 Å². The van der Waals surface area contributed by atoms with Crippen LogP contribution in [0.2, 0.25) is 5.15 Å². The van der Waals surface area contributed by atoms with Crippen molar-refractivity contribution in [2.75, 3.05) is 26.2 Å². The van der Waals surface area contributed by atoms with Crippen molar-refractivity contribution in [2.45, 2.75) is 65.0 Å². The summed E-state index contributed by atoms with van der Waals surface area (Å²) < 4.78 is 1.84. The van der Waals surface area contributed by atoms with Gasteiger partial charge in [-0.15, -0.1) is 0 Å². The Morgan fingerprint density at radius 3 is 2.58 bits per heavy atom. The molecule has 1 aliphatic heterocycles. The fourth-order valence-electron chi connectivity index (χ4n) is 4.05. The third kappa shape index (κ3) is 4.49. The average Bonchev–Trinajstić information content (AvgIpc) is 3.27. The summed E-state index contributed by atoms with van der Waals surface area (Å²) in [5.41, 5.74) is 1.74. The fourth-order valence-corrected chi connectivity index (χ4v) is 4.37. The Hall–Kier alpha value is -1.33. The van der Waals surface area contributed by atoms with E-state index in [0.29, 0.717) is 5.15 Å². The highest BCUT2D eigenvalue weighted by molar-refractivity contribution is 6.31. The minimum atomic E-state index is 0.0767. The van der Waals surface area contributed by atoms with Crippen molar-refractivity contribution in [1.82, 2.24) is 19.6 Å². The Labute approximate surface area is 162 Å². The molecule has 1 aliphatic carbocycles. The molecule has 0 atom stereocenters. The molecule has 0 N–H and O–H groups in total. The standard InChI is InChI=1S/C20H31ClN4O/c1-3-4-11-25-20(21)18(16(2)22-25)9-10-19(26)24-14-12-23(13-15-24)17-7-5-6-8-17/h9-10,17H,3-8,11-15H2,1-2H3/b10-9+. The molecule has 1 aromatic heterocycles. The lowest BCUT2D eigenvalue weighted by Crippen LogP contribution is -2.51. The van der Waals surface area contributed by atoms with E-state index in [-0.39, 0.29) is 5.91 Å². The molecule has 2 aliphatic rings. The van der Waals surface area contributed by atoms with Crippen LogP contribution in [0.5, 0.6) is 0 Å². The number of carbonyl (C=O) groups excluding carboxylic acids is 1. The van der Waals surface area contributed by atoms with Gasteiger partial charge < -0.3 is 4.90 Å². The van der Waals surface area contributed by atoms with E-state index in [4.69, 9.17) is 11.6 Å². The van der Waals surface area contributed by atoms with Crippen LogP contribution in [0.15, 0.2) is 6.08 Å².